The topological polar surface area (TPSA) is 63.6 Å². The van der Waals surface area contributed by atoms with E-state index in [-0.39, 0.29) is 6.61 Å². The maximum atomic E-state index is 10.6. The summed E-state index contributed by atoms with van der Waals surface area (Å²) in [6.07, 6.45) is 0. The Kier molecular flexibility index (Phi) is 1.61. The molecular weight excluding hydrogens is 136 g/mol. The van der Waals surface area contributed by atoms with Gasteiger partial charge in [0.2, 0.25) is 0 Å². The fourth-order valence-corrected chi connectivity index (χ4v) is 0.897. The van der Waals surface area contributed by atoms with E-state index in [0.717, 1.165) is 0 Å². The molecule has 0 spiro atoms. The molecule has 1 aliphatic heterocycles. The van der Waals surface area contributed by atoms with Gasteiger partial charge in [0.15, 0.2) is 0 Å². The number of esters is 1. The number of hydrogen-bond donors (Lipinski definition) is 1. The lowest BCUT2D eigenvalue weighted by molar-refractivity contribution is -0.144. The molecule has 2 atom stereocenters. The molecule has 0 amide bonds. The molecule has 1 aliphatic rings. The van der Waals surface area contributed by atoms with Crippen molar-refractivity contribution in [1.29, 1.82) is 0 Å². The summed E-state index contributed by atoms with van der Waals surface area (Å²) in [5.74, 6) is -2.50. The smallest absolute Gasteiger partial charge is 0.310 e. The van der Waals surface area contributed by atoms with Gasteiger partial charge in [-0.25, -0.2) is 0 Å². The molecule has 1 N–H and O–H groups in total. The quantitative estimate of drug-likeness (QED) is 0.521. The molecule has 0 aromatic heterocycles. The van der Waals surface area contributed by atoms with Crippen LogP contribution in [0.5, 0.6) is 0 Å². The first-order valence-electron chi connectivity index (χ1n) is 3.02. The summed E-state index contributed by atoms with van der Waals surface area (Å²) >= 11 is 0. The van der Waals surface area contributed by atoms with E-state index in [2.05, 4.69) is 4.74 Å². The second-order valence-electron chi connectivity index (χ2n) is 2.36. The molecule has 0 radical (unpaired) electrons. The van der Waals surface area contributed by atoms with Gasteiger partial charge >= 0.3 is 11.9 Å². The Morgan fingerprint density at radius 1 is 1.80 bits per heavy atom. The summed E-state index contributed by atoms with van der Waals surface area (Å²) in [4.78, 5) is 20.9. The van der Waals surface area contributed by atoms with Crippen molar-refractivity contribution in [3.05, 3.63) is 0 Å². The van der Waals surface area contributed by atoms with Crippen molar-refractivity contribution in [2.75, 3.05) is 6.61 Å². The van der Waals surface area contributed by atoms with Crippen molar-refractivity contribution in [1.82, 2.24) is 0 Å². The Bertz CT molecular complexity index is 175. The summed E-state index contributed by atoms with van der Waals surface area (Å²) in [6, 6.07) is 0. The van der Waals surface area contributed by atoms with Crippen molar-refractivity contribution in [3.8, 4) is 0 Å². The number of carboxylic acids is 1. The van der Waals surface area contributed by atoms with Crippen LogP contribution in [0.1, 0.15) is 6.92 Å². The first-order chi connectivity index (χ1) is 4.63. The van der Waals surface area contributed by atoms with Crippen LogP contribution in [0.25, 0.3) is 0 Å². The van der Waals surface area contributed by atoms with Crippen LogP contribution < -0.4 is 0 Å². The van der Waals surface area contributed by atoms with Crippen LogP contribution >= 0.6 is 0 Å². The monoisotopic (exact) mass is 144 g/mol. The first-order valence-corrected chi connectivity index (χ1v) is 3.02. The second kappa shape index (κ2) is 2.28. The fraction of sp³-hybridized carbons (Fsp3) is 0.667. The van der Waals surface area contributed by atoms with E-state index in [9.17, 15) is 9.59 Å². The Hall–Kier alpha value is -1.06. The molecule has 1 rings (SSSR count). The molecule has 0 bridgehead atoms. The Labute approximate surface area is 57.8 Å². The minimum atomic E-state index is -0.960. The molecule has 1 heterocycles. The van der Waals surface area contributed by atoms with Crippen LogP contribution in [-0.2, 0) is 14.3 Å². The zero-order valence-electron chi connectivity index (χ0n) is 5.53. The molecule has 0 aliphatic carbocycles. The SMILES string of the molecule is C[C@H]1C(=O)OC[C@@H]1C(=O)O. The predicted octanol–water partition coefficient (Wildman–Crippen LogP) is -0.120. The van der Waals surface area contributed by atoms with E-state index < -0.39 is 23.8 Å². The number of rotatable bonds is 1. The zero-order chi connectivity index (χ0) is 7.72. The van der Waals surface area contributed by atoms with E-state index >= 15 is 0 Å². The highest BCUT2D eigenvalue weighted by molar-refractivity contribution is 5.83. The van der Waals surface area contributed by atoms with Crippen LogP contribution in [0.3, 0.4) is 0 Å². The van der Waals surface area contributed by atoms with E-state index in [4.69, 9.17) is 5.11 Å². The summed E-state index contributed by atoms with van der Waals surface area (Å²) < 4.78 is 4.52. The molecule has 1 saturated heterocycles. The summed E-state index contributed by atoms with van der Waals surface area (Å²) in [5, 5.41) is 8.47. The van der Waals surface area contributed by atoms with Gasteiger partial charge in [-0.15, -0.1) is 0 Å². The fourth-order valence-electron chi connectivity index (χ4n) is 0.897. The molecule has 4 heteroatoms. The highest BCUT2D eigenvalue weighted by Crippen LogP contribution is 2.20. The molecule has 0 aromatic carbocycles. The van der Waals surface area contributed by atoms with E-state index in [0.29, 0.717) is 0 Å². The van der Waals surface area contributed by atoms with Gasteiger partial charge in [-0.05, 0) is 0 Å². The van der Waals surface area contributed by atoms with Crippen molar-refractivity contribution < 1.29 is 19.4 Å². The number of hydrogen-bond acceptors (Lipinski definition) is 3. The average molecular weight is 144 g/mol. The minimum absolute atomic E-state index is 0.0231. The van der Waals surface area contributed by atoms with Gasteiger partial charge in [-0.2, -0.15) is 0 Å². The van der Waals surface area contributed by atoms with E-state index in [1.807, 2.05) is 0 Å². The van der Waals surface area contributed by atoms with Crippen molar-refractivity contribution >= 4 is 11.9 Å². The van der Waals surface area contributed by atoms with Gasteiger partial charge < -0.3 is 9.84 Å². The van der Waals surface area contributed by atoms with Gasteiger partial charge in [-0.3, -0.25) is 9.59 Å². The van der Waals surface area contributed by atoms with Gasteiger partial charge in [0.05, 0.1) is 5.92 Å². The van der Waals surface area contributed by atoms with Crippen LogP contribution in [0.15, 0.2) is 0 Å². The highest BCUT2D eigenvalue weighted by Gasteiger charge is 2.37. The Morgan fingerprint density at radius 2 is 2.40 bits per heavy atom. The number of ether oxygens (including phenoxy) is 1. The summed E-state index contributed by atoms with van der Waals surface area (Å²) in [7, 11) is 0. The third-order valence-corrected chi connectivity index (χ3v) is 1.70. The van der Waals surface area contributed by atoms with Crippen molar-refractivity contribution in [2.45, 2.75) is 6.92 Å². The lowest BCUT2D eigenvalue weighted by Gasteiger charge is -2.01. The average Bonchev–Trinajstić information content (AvgIpc) is 2.14. The number of cyclic esters (lactones) is 1. The van der Waals surface area contributed by atoms with Gasteiger partial charge in [0.1, 0.15) is 12.5 Å². The molecule has 1 fully saturated rings. The van der Waals surface area contributed by atoms with Crippen molar-refractivity contribution in [3.63, 3.8) is 0 Å². The second-order valence-corrected chi connectivity index (χ2v) is 2.36. The van der Waals surface area contributed by atoms with Crippen LogP contribution in [-0.4, -0.2) is 23.7 Å². The molecule has 0 saturated carbocycles. The normalized spacial score (nSPS) is 31.9. The standard InChI is InChI=1S/C6H8O4/c1-3-4(5(7)8)2-10-6(3)9/h3-4H,2H2,1H3,(H,7,8)/t3-,4+/m1/s1. The molecule has 0 aromatic rings. The molecule has 56 valence electrons. The first kappa shape index (κ1) is 7.05. The number of aliphatic carboxylic acids is 1. The zero-order valence-corrected chi connectivity index (χ0v) is 5.53. The molecule has 10 heavy (non-hydrogen) atoms. The van der Waals surface area contributed by atoms with Crippen LogP contribution in [0.4, 0.5) is 0 Å². The largest absolute Gasteiger partial charge is 0.481 e. The summed E-state index contributed by atoms with van der Waals surface area (Å²) in [5.41, 5.74) is 0. The van der Waals surface area contributed by atoms with Gasteiger partial charge in [0, 0.05) is 0 Å². The maximum Gasteiger partial charge on any atom is 0.310 e. The summed E-state index contributed by atoms with van der Waals surface area (Å²) in [6.45, 7) is 1.59. The van der Waals surface area contributed by atoms with Crippen LogP contribution in [0.2, 0.25) is 0 Å². The molecule has 4 nitrogen and oxygen atoms in total. The Morgan fingerprint density at radius 3 is 2.60 bits per heavy atom. The number of carbonyl (C=O) groups is 2. The Balaban J connectivity index is 2.66. The lowest BCUT2D eigenvalue weighted by Crippen LogP contribution is -2.20. The van der Waals surface area contributed by atoms with Gasteiger partial charge in [-0.1, -0.05) is 6.92 Å². The highest BCUT2D eigenvalue weighted by atomic mass is 16.5. The lowest BCUT2D eigenvalue weighted by atomic mass is 9.98. The minimum Gasteiger partial charge on any atom is -0.481 e. The maximum absolute atomic E-state index is 10.6. The molecule has 0 unspecified atom stereocenters. The van der Waals surface area contributed by atoms with Crippen molar-refractivity contribution in [2.24, 2.45) is 11.8 Å². The number of carboxylic acid groups (broad SMARTS) is 1. The molecular formula is C6H8O4. The van der Waals surface area contributed by atoms with Gasteiger partial charge in [0.25, 0.3) is 0 Å². The predicted molar refractivity (Wildman–Crippen MR) is 31.2 cm³/mol. The third-order valence-electron chi connectivity index (χ3n) is 1.70. The van der Waals surface area contributed by atoms with Crippen LogP contribution in [0, 0.1) is 11.8 Å². The third kappa shape index (κ3) is 0.964. The van der Waals surface area contributed by atoms with E-state index in [1.54, 1.807) is 6.92 Å². The number of carbonyl (C=O) groups excluding carboxylic acids is 1. The van der Waals surface area contributed by atoms with E-state index in [1.165, 1.54) is 0 Å².